The molecule has 1 aliphatic rings. The van der Waals surface area contributed by atoms with E-state index in [9.17, 15) is 0 Å². The predicted octanol–water partition coefficient (Wildman–Crippen LogP) is 1.43. The van der Waals surface area contributed by atoms with Crippen LogP contribution in [0, 0.1) is 0 Å². The maximum atomic E-state index is 5.65. The first-order valence-electron chi connectivity index (χ1n) is 4.64. The number of aromatic nitrogens is 2. The molecule has 1 aromatic heterocycles. The molecule has 84 valence electrons. The van der Waals surface area contributed by atoms with Gasteiger partial charge in [0.05, 0.1) is 18.4 Å². The molecule has 4 nitrogen and oxygen atoms in total. The van der Waals surface area contributed by atoms with Gasteiger partial charge >= 0.3 is 0 Å². The second-order valence-electron chi connectivity index (χ2n) is 3.24. The van der Waals surface area contributed by atoms with Gasteiger partial charge in [0.1, 0.15) is 0 Å². The lowest BCUT2D eigenvalue weighted by Gasteiger charge is -2.09. The van der Waals surface area contributed by atoms with Crippen LogP contribution in [0.5, 0.6) is 0 Å². The molecule has 0 saturated carbocycles. The van der Waals surface area contributed by atoms with E-state index >= 15 is 0 Å². The van der Waals surface area contributed by atoms with Crippen LogP contribution in [0.15, 0.2) is 12.3 Å². The van der Waals surface area contributed by atoms with Crippen LogP contribution in [0.25, 0.3) is 0 Å². The molecule has 0 amide bonds. The molecule has 0 radical (unpaired) electrons. The number of hydrogen-bond acceptors (Lipinski definition) is 4. The Morgan fingerprint density at radius 2 is 2.47 bits per heavy atom. The minimum absolute atomic E-state index is 0. The van der Waals surface area contributed by atoms with Crippen molar-refractivity contribution in [2.45, 2.75) is 19.1 Å². The van der Waals surface area contributed by atoms with Gasteiger partial charge < -0.3 is 10.1 Å². The molecular weight excluding hydrogens is 237 g/mol. The van der Waals surface area contributed by atoms with Crippen LogP contribution in [-0.4, -0.2) is 29.2 Å². The summed E-state index contributed by atoms with van der Waals surface area (Å²) in [5, 5.41) is 3.51. The third-order valence-electron chi connectivity index (χ3n) is 2.17. The maximum Gasteiger partial charge on any atom is 0.222 e. The quantitative estimate of drug-likeness (QED) is 0.824. The van der Waals surface area contributed by atoms with Gasteiger partial charge in [0.2, 0.25) is 5.28 Å². The minimum Gasteiger partial charge on any atom is -0.371 e. The lowest BCUT2D eigenvalue weighted by atomic mass is 10.3. The molecule has 6 heteroatoms. The van der Waals surface area contributed by atoms with Crippen molar-refractivity contribution >= 4 is 24.0 Å². The number of rotatable bonds is 3. The zero-order valence-corrected chi connectivity index (χ0v) is 9.72. The molecule has 15 heavy (non-hydrogen) atoms. The summed E-state index contributed by atoms with van der Waals surface area (Å²) in [6.07, 6.45) is 3.02. The van der Waals surface area contributed by atoms with E-state index in [4.69, 9.17) is 16.3 Å². The third-order valence-corrected chi connectivity index (χ3v) is 2.35. The molecule has 1 N–H and O–H groups in total. The van der Waals surface area contributed by atoms with Gasteiger partial charge in [-0.3, -0.25) is 0 Å². The van der Waals surface area contributed by atoms with Gasteiger partial charge in [0.15, 0.2) is 0 Å². The van der Waals surface area contributed by atoms with Crippen LogP contribution in [0.1, 0.15) is 12.1 Å². The van der Waals surface area contributed by atoms with Crippen molar-refractivity contribution in [2.24, 2.45) is 0 Å². The Bertz CT molecular complexity index is 305. The normalized spacial score (nSPS) is 19.9. The summed E-state index contributed by atoms with van der Waals surface area (Å²) in [7, 11) is 0. The van der Waals surface area contributed by atoms with Crippen molar-refractivity contribution in [3.05, 3.63) is 23.2 Å². The molecule has 0 aromatic carbocycles. The summed E-state index contributed by atoms with van der Waals surface area (Å²) in [5.74, 6) is 0. The standard InChI is InChI=1S/C9H12ClN3O.ClH/c10-9-12-4-1-7(13-9)6-14-8-2-3-11-5-8;/h1,4,8,11H,2-3,5-6H2;1H. The van der Waals surface area contributed by atoms with Crippen molar-refractivity contribution in [2.75, 3.05) is 13.1 Å². The first-order chi connectivity index (χ1) is 6.84. The number of halogens is 2. The van der Waals surface area contributed by atoms with Crippen LogP contribution in [-0.2, 0) is 11.3 Å². The van der Waals surface area contributed by atoms with Gasteiger partial charge in [-0.05, 0) is 30.6 Å². The van der Waals surface area contributed by atoms with Gasteiger partial charge in [-0.2, -0.15) is 0 Å². The Hall–Kier alpha value is -0.420. The van der Waals surface area contributed by atoms with Gasteiger partial charge in [0, 0.05) is 12.7 Å². The van der Waals surface area contributed by atoms with Crippen LogP contribution >= 0.6 is 24.0 Å². The molecule has 1 fully saturated rings. The van der Waals surface area contributed by atoms with E-state index in [1.165, 1.54) is 0 Å². The molecule has 0 bridgehead atoms. The highest BCUT2D eigenvalue weighted by molar-refractivity contribution is 6.28. The molecule has 0 aliphatic carbocycles. The van der Waals surface area contributed by atoms with Crippen molar-refractivity contribution in [3.63, 3.8) is 0 Å². The number of nitrogens with one attached hydrogen (secondary N) is 1. The van der Waals surface area contributed by atoms with E-state index in [0.717, 1.165) is 25.2 Å². The van der Waals surface area contributed by atoms with E-state index < -0.39 is 0 Å². The lowest BCUT2D eigenvalue weighted by Crippen LogP contribution is -2.16. The minimum atomic E-state index is 0. The molecule has 0 spiro atoms. The van der Waals surface area contributed by atoms with Crippen molar-refractivity contribution in [1.29, 1.82) is 0 Å². The Kier molecular flexibility index (Phi) is 5.25. The molecule has 2 rings (SSSR count). The summed E-state index contributed by atoms with van der Waals surface area (Å²) in [5.41, 5.74) is 0.830. The Morgan fingerprint density at radius 1 is 1.60 bits per heavy atom. The predicted molar refractivity (Wildman–Crippen MR) is 60.4 cm³/mol. The summed E-state index contributed by atoms with van der Waals surface area (Å²) in [6.45, 7) is 2.47. The van der Waals surface area contributed by atoms with Gasteiger partial charge in [-0.25, -0.2) is 9.97 Å². The molecule has 1 aromatic rings. The fourth-order valence-electron chi connectivity index (χ4n) is 1.42. The molecule has 1 aliphatic heterocycles. The van der Waals surface area contributed by atoms with Crippen LogP contribution in [0.2, 0.25) is 5.28 Å². The third kappa shape index (κ3) is 3.91. The monoisotopic (exact) mass is 249 g/mol. The van der Waals surface area contributed by atoms with Crippen molar-refractivity contribution < 1.29 is 4.74 Å². The van der Waals surface area contributed by atoms with E-state index in [0.29, 0.717) is 12.7 Å². The number of nitrogens with zero attached hydrogens (tertiary/aromatic N) is 2. The number of hydrogen-bond donors (Lipinski definition) is 1. The summed E-state index contributed by atoms with van der Waals surface area (Å²) < 4.78 is 5.63. The van der Waals surface area contributed by atoms with E-state index in [2.05, 4.69) is 15.3 Å². The highest BCUT2D eigenvalue weighted by atomic mass is 35.5. The summed E-state index contributed by atoms with van der Waals surface area (Å²) in [6, 6.07) is 1.81. The molecule has 1 atom stereocenters. The highest BCUT2D eigenvalue weighted by Gasteiger charge is 2.14. The largest absolute Gasteiger partial charge is 0.371 e. The smallest absolute Gasteiger partial charge is 0.222 e. The van der Waals surface area contributed by atoms with Gasteiger partial charge in [-0.15, -0.1) is 12.4 Å². The number of ether oxygens (including phenoxy) is 1. The fraction of sp³-hybridized carbons (Fsp3) is 0.556. The van der Waals surface area contributed by atoms with Crippen LogP contribution in [0.4, 0.5) is 0 Å². The SMILES string of the molecule is Cl.Clc1nccc(COC2CCNC2)n1. The summed E-state index contributed by atoms with van der Waals surface area (Å²) >= 11 is 5.65. The Balaban J connectivity index is 0.00000112. The van der Waals surface area contributed by atoms with Crippen LogP contribution < -0.4 is 5.32 Å². The van der Waals surface area contributed by atoms with Crippen molar-refractivity contribution in [3.8, 4) is 0 Å². The van der Waals surface area contributed by atoms with E-state index in [1.54, 1.807) is 6.20 Å². The second-order valence-corrected chi connectivity index (χ2v) is 3.58. The molecule has 1 unspecified atom stereocenters. The maximum absolute atomic E-state index is 5.65. The first-order valence-corrected chi connectivity index (χ1v) is 5.02. The highest BCUT2D eigenvalue weighted by Crippen LogP contribution is 2.07. The molecule has 2 heterocycles. The van der Waals surface area contributed by atoms with Crippen molar-refractivity contribution in [1.82, 2.24) is 15.3 Å². The Morgan fingerprint density at radius 3 is 3.13 bits per heavy atom. The second kappa shape index (κ2) is 6.23. The van der Waals surface area contributed by atoms with Crippen LogP contribution in [0.3, 0.4) is 0 Å². The molecular formula is C9H13Cl2N3O. The lowest BCUT2D eigenvalue weighted by molar-refractivity contribution is 0.0522. The zero-order valence-electron chi connectivity index (χ0n) is 8.15. The molecule has 1 saturated heterocycles. The summed E-state index contributed by atoms with van der Waals surface area (Å²) in [4.78, 5) is 7.85. The van der Waals surface area contributed by atoms with Gasteiger partial charge in [0.25, 0.3) is 0 Å². The first kappa shape index (κ1) is 12.6. The average molecular weight is 250 g/mol. The van der Waals surface area contributed by atoms with E-state index in [1.807, 2.05) is 6.07 Å². The average Bonchev–Trinajstić information content (AvgIpc) is 2.67. The topological polar surface area (TPSA) is 47.0 Å². The van der Waals surface area contributed by atoms with Gasteiger partial charge in [-0.1, -0.05) is 0 Å². The fourth-order valence-corrected chi connectivity index (χ4v) is 1.59. The van der Waals surface area contributed by atoms with E-state index in [-0.39, 0.29) is 17.7 Å². The zero-order chi connectivity index (χ0) is 9.80. The Labute approximate surface area is 99.8 Å².